The van der Waals surface area contributed by atoms with E-state index in [0.717, 1.165) is 43.8 Å². The molecule has 1 amide bonds. The van der Waals surface area contributed by atoms with E-state index >= 15 is 0 Å². The van der Waals surface area contributed by atoms with Gasteiger partial charge in [-0.05, 0) is 83.0 Å². The molecule has 0 aromatic rings. The van der Waals surface area contributed by atoms with Crippen LogP contribution in [-0.4, -0.2) is 39.1 Å². The maximum atomic E-state index is 13.6. The molecule has 1 N–H and O–H groups in total. The summed E-state index contributed by atoms with van der Waals surface area (Å²) in [4.78, 5) is 12.7. The molecular weight excluding hydrogens is 412 g/mol. The molecule has 1 saturated carbocycles. The Morgan fingerprint density at radius 2 is 1.93 bits per heavy atom. The van der Waals surface area contributed by atoms with Gasteiger partial charge in [-0.25, -0.2) is 0 Å². The summed E-state index contributed by atoms with van der Waals surface area (Å²) < 4.78 is 0. The summed E-state index contributed by atoms with van der Waals surface area (Å²) in [6.07, 6.45) is 10.2. The average molecular weight is 456 g/mol. The molecule has 6 heteroatoms. The third kappa shape index (κ3) is 5.71. The Morgan fingerprint density at radius 3 is 2.60 bits per heavy atom. The van der Waals surface area contributed by atoms with Gasteiger partial charge in [-0.3, -0.25) is 4.79 Å². The molecule has 5 atom stereocenters. The highest BCUT2D eigenvalue weighted by Crippen LogP contribution is 2.51. The summed E-state index contributed by atoms with van der Waals surface area (Å²) in [5, 5.41) is 19.2. The van der Waals surface area contributed by atoms with Crippen LogP contribution in [-0.2, 0) is 4.79 Å². The first-order chi connectivity index (χ1) is 14.1. The summed E-state index contributed by atoms with van der Waals surface area (Å²) in [7, 11) is 4.02. The maximum Gasteiger partial charge on any atom is 0.220 e. The van der Waals surface area contributed by atoms with Crippen LogP contribution < -0.4 is 5.32 Å². The van der Waals surface area contributed by atoms with Crippen molar-refractivity contribution in [2.45, 2.75) is 121 Å². The highest BCUT2D eigenvalue weighted by Gasteiger charge is 2.51. The van der Waals surface area contributed by atoms with Crippen LogP contribution in [0.2, 0.25) is 0 Å². The molecule has 30 heavy (non-hydrogen) atoms. The summed E-state index contributed by atoms with van der Waals surface area (Å²) >= 11 is 0. The molecule has 0 aromatic carbocycles. The van der Waals surface area contributed by atoms with Gasteiger partial charge in [-0.1, -0.05) is 48.8 Å². The van der Waals surface area contributed by atoms with Crippen molar-refractivity contribution in [2.75, 3.05) is 5.75 Å². The predicted molar refractivity (Wildman–Crippen MR) is 131 cm³/mol. The largest absolute Gasteiger partial charge is 0.784 e. The molecule has 4 nitrogen and oxygen atoms in total. The van der Waals surface area contributed by atoms with Crippen molar-refractivity contribution in [3.05, 3.63) is 5.21 Å². The number of rotatable bonds is 7. The zero-order valence-electron chi connectivity index (χ0n) is 19.7. The fourth-order valence-corrected chi connectivity index (χ4v) is 9.15. The molecule has 174 valence electrons. The van der Waals surface area contributed by atoms with Gasteiger partial charge in [-0.15, -0.1) is 0 Å². The van der Waals surface area contributed by atoms with E-state index in [1.807, 2.05) is 21.6 Å². The van der Waals surface area contributed by atoms with Gasteiger partial charge >= 0.3 is 0 Å². The number of nitrogens with zero attached hydrogens (tertiary/aromatic N) is 1. The second kappa shape index (κ2) is 10.4. The molecular formula is C24H43N2O2S2-. The van der Waals surface area contributed by atoms with E-state index in [-0.39, 0.29) is 17.5 Å². The normalized spacial score (nSPS) is 37.0. The lowest BCUT2D eigenvalue weighted by Crippen LogP contribution is -2.68. The minimum atomic E-state index is -0.430. The van der Waals surface area contributed by atoms with Gasteiger partial charge in [0.1, 0.15) is 0 Å². The fraction of sp³-hybridized carbons (Fsp3) is 0.958. The minimum absolute atomic E-state index is 0.118. The van der Waals surface area contributed by atoms with Crippen molar-refractivity contribution >= 4 is 27.5 Å². The lowest BCUT2D eigenvalue weighted by atomic mass is 9.60. The van der Waals surface area contributed by atoms with Crippen LogP contribution in [0.15, 0.2) is 0 Å². The highest BCUT2D eigenvalue weighted by molar-refractivity contribution is 8.77. The van der Waals surface area contributed by atoms with Crippen molar-refractivity contribution < 1.29 is 4.79 Å². The van der Waals surface area contributed by atoms with E-state index < -0.39 is 5.54 Å². The number of amides is 1. The Balaban J connectivity index is 1.57. The standard InChI is InChI=1S/C24H43N2O2S2/c1-17(2)19-11-10-18(3)24(14-19)16-20(15-23(4,5)26(24)28)25-22(27)9-7-6-8-21-12-13-29-30-21/h17-21H,6-16H2,1-5H3,(H,25,27)/q-1/t18-,19-,20?,21?,24+/m1/s1. The number of carbonyl (C=O) groups excluding carboxylic acids is 1. The van der Waals surface area contributed by atoms with E-state index in [2.05, 4.69) is 39.9 Å². The number of nitrogens with one attached hydrogen (secondary N) is 1. The van der Waals surface area contributed by atoms with Gasteiger partial charge in [0, 0.05) is 34.5 Å². The topological polar surface area (TPSA) is 55.4 Å². The monoisotopic (exact) mass is 455 g/mol. The zero-order valence-corrected chi connectivity index (χ0v) is 21.4. The van der Waals surface area contributed by atoms with Crippen molar-refractivity contribution in [2.24, 2.45) is 17.8 Å². The van der Waals surface area contributed by atoms with Crippen molar-refractivity contribution in [3.8, 4) is 0 Å². The Morgan fingerprint density at radius 1 is 1.17 bits per heavy atom. The van der Waals surface area contributed by atoms with Gasteiger partial charge in [0.15, 0.2) is 0 Å². The molecule has 1 aliphatic carbocycles. The van der Waals surface area contributed by atoms with Crippen LogP contribution in [0.25, 0.3) is 0 Å². The first-order valence-electron chi connectivity index (χ1n) is 12.2. The van der Waals surface area contributed by atoms with Gasteiger partial charge in [0.2, 0.25) is 5.91 Å². The Labute approximate surface area is 192 Å². The first-order valence-corrected chi connectivity index (χ1v) is 14.6. The molecule has 0 aromatic heterocycles. The molecule has 0 bridgehead atoms. The molecule has 0 radical (unpaired) electrons. The highest BCUT2D eigenvalue weighted by atomic mass is 33.1. The third-order valence-electron chi connectivity index (χ3n) is 8.02. The fourth-order valence-electron chi connectivity index (χ4n) is 6.12. The molecule has 2 unspecified atom stereocenters. The maximum absolute atomic E-state index is 13.6. The SMILES string of the molecule is CC(C)[C@@H]1CC[C@@H](C)[C@@]2(CC(NC(=O)CCCCC3CCSS3)CC(C)(C)N2[O-])C1. The quantitative estimate of drug-likeness (QED) is 0.356. The Hall–Kier alpha value is 0.0900. The van der Waals surface area contributed by atoms with E-state index in [1.165, 1.54) is 30.1 Å². The van der Waals surface area contributed by atoms with Crippen molar-refractivity contribution in [3.63, 3.8) is 0 Å². The van der Waals surface area contributed by atoms with Crippen molar-refractivity contribution in [1.82, 2.24) is 10.4 Å². The second-order valence-electron chi connectivity index (χ2n) is 11.1. The molecule has 2 saturated heterocycles. The smallest absolute Gasteiger partial charge is 0.220 e. The Bertz CT molecular complexity index is 580. The lowest BCUT2D eigenvalue weighted by molar-refractivity contribution is -0.125. The van der Waals surface area contributed by atoms with Crippen LogP contribution in [0.4, 0.5) is 0 Å². The first kappa shape index (κ1) is 24.7. The van der Waals surface area contributed by atoms with Crippen LogP contribution in [0.3, 0.4) is 0 Å². The van der Waals surface area contributed by atoms with Crippen LogP contribution in [0.1, 0.15) is 98.8 Å². The lowest BCUT2D eigenvalue weighted by Gasteiger charge is -2.66. The zero-order chi connectivity index (χ0) is 21.9. The van der Waals surface area contributed by atoms with Crippen LogP contribution in [0, 0.1) is 23.0 Å². The van der Waals surface area contributed by atoms with Gasteiger partial charge in [-0.2, -0.15) is 0 Å². The molecule has 3 fully saturated rings. The van der Waals surface area contributed by atoms with Crippen LogP contribution in [0.5, 0.6) is 0 Å². The Kier molecular flexibility index (Phi) is 8.53. The summed E-state index contributed by atoms with van der Waals surface area (Å²) in [6, 6.07) is 0.118. The minimum Gasteiger partial charge on any atom is -0.784 e. The van der Waals surface area contributed by atoms with E-state index in [1.54, 1.807) is 0 Å². The van der Waals surface area contributed by atoms with Gasteiger partial charge < -0.3 is 15.6 Å². The molecule has 3 aliphatic rings. The number of piperidine rings is 1. The summed E-state index contributed by atoms with van der Waals surface area (Å²) in [5.74, 6) is 3.06. The van der Waals surface area contributed by atoms with Gasteiger partial charge in [0.25, 0.3) is 0 Å². The van der Waals surface area contributed by atoms with E-state index in [0.29, 0.717) is 24.2 Å². The second-order valence-corrected chi connectivity index (χ2v) is 13.9. The number of hydrogen-bond donors (Lipinski definition) is 1. The number of carbonyl (C=O) groups is 1. The van der Waals surface area contributed by atoms with E-state index in [9.17, 15) is 10.0 Å². The molecule has 1 spiro atoms. The predicted octanol–water partition coefficient (Wildman–Crippen LogP) is 6.39. The molecule has 3 rings (SSSR count). The van der Waals surface area contributed by atoms with Crippen LogP contribution >= 0.6 is 21.6 Å². The van der Waals surface area contributed by atoms with Gasteiger partial charge in [0.05, 0.1) is 0 Å². The summed E-state index contributed by atoms with van der Waals surface area (Å²) in [5.41, 5.74) is -0.759. The van der Waals surface area contributed by atoms with E-state index in [4.69, 9.17) is 0 Å². The molecule has 2 aliphatic heterocycles. The number of unbranched alkanes of at least 4 members (excludes halogenated alkanes) is 1. The number of hydroxylamine groups is 2. The number of hydrogen-bond acceptors (Lipinski definition) is 5. The average Bonchev–Trinajstić information content (AvgIpc) is 3.18. The molecule has 2 heterocycles. The third-order valence-corrected chi connectivity index (χ3v) is 11.0. The summed E-state index contributed by atoms with van der Waals surface area (Å²) in [6.45, 7) is 11.0. The van der Waals surface area contributed by atoms with Crippen molar-refractivity contribution in [1.29, 1.82) is 0 Å².